The summed E-state index contributed by atoms with van der Waals surface area (Å²) in [7, 11) is 2.07. The molecule has 1 aromatic heterocycles. The quantitative estimate of drug-likeness (QED) is 0.469. The van der Waals surface area contributed by atoms with Crippen molar-refractivity contribution in [3.8, 4) is 0 Å². The molecule has 0 bridgehead atoms. The Morgan fingerprint density at radius 1 is 1.50 bits per heavy atom. The smallest absolute Gasteiger partial charge is 0.271 e. The van der Waals surface area contributed by atoms with Gasteiger partial charge in [0.05, 0.1) is 12.4 Å². The number of hydrogen-bond acceptors (Lipinski definition) is 6. The van der Waals surface area contributed by atoms with Crippen molar-refractivity contribution in [1.82, 2.24) is 20.2 Å². The molecule has 0 atom stereocenters. The van der Waals surface area contributed by atoms with Crippen LogP contribution in [0.1, 0.15) is 23.3 Å². The molecule has 1 fully saturated rings. The molecule has 1 aliphatic rings. The van der Waals surface area contributed by atoms with E-state index in [1.807, 2.05) is 0 Å². The monoisotopic (exact) mass is 250 g/mol. The summed E-state index contributed by atoms with van der Waals surface area (Å²) in [4.78, 5) is 21.9. The highest BCUT2D eigenvalue weighted by Crippen LogP contribution is 2.24. The fraction of sp³-hybridized carbons (Fsp3) is 0.545. The minimum atomic E-state index is -0.213. The van der Waals surface area contributed by atoms with Gasteiger partial charge in [-0.1, -0.05) is 0 Å². The molecule has 7 nitrogen and oxygen atoms in total. The van der Waals surface area contributed by atoms with E-state index in [1.54, 1.807) is 0 Å². The zero-order valence-corrected chi connectivity index (χ0v) is 10.4. The summed E-state index contributed by atoms with van der Waals surface area (Å²) >= 11 is 0. The molecule has 1 aliphatic carbocycles. The van der Waals surface area contributed by atoms with Crippen molar-refractivity contribution in [2.24, 2.45) is 5.84 Å². The van der Waals surface area contributed by atoms with Crippen LogP contribution in [0.4, 0.5) is 5.82 Å². The first kappa shape index (κ1) is 12.7. The Kier molecular flexibility index (Phi) is 4.06. The van der Waals surface area contributed by atoms with Gasteiger partial charge in [0.1, 0.15) is 5.69 Å². The number of nitrogen functional groups attached to an aromatic ring is 1. The summed E-state index contributed by atoms with van der Waals surface area (Å²) in [6.45, 7) is 1.47. The van der Waals surface area contributed by atoms with Crippen molar-refractivity contribution in [1.29, 1.82) is 0 Å². The summed E-state index contributed by atoms with van der Waals surface area (Å²) in [5, 5.41) is 2.82. The molecular formula is C11H18N6O. The predicted octanol–water partition coefficient (Wildman–Crippen LogP) is -0.414. The molecule has 1 saturated carbocycles. The summed E-state index contributed by atoms with van der Waals surface area (Å²) < 4.78 is 0. The van der Waals surface area contributed by atoms with Gasteiger partial charge < -0.3 is 15.6 Å². The van der Waals surface area contributed by atoms with Crippen LogP contribution in [0.3, 0.4) is 0 Å². The number of rotatable bonds is 6. The molecular weight excluding hydrogens is 232 g/mol. The highest BCUT2D eigenvalue weighted by atomic mass is 16.1. The lowest BCUT2D eigenvalue weighted by Gasteiger charge is -2.15. The molecule has 4 N–H and O–H groups in total. The first-order valence-electron chi connectivity index (χ1n) is 5.98. The van der Waals surface area contributed by atoms with Crippen LogP contribution in [-0.4, -0.2) is 47.0 Å². The zero-order valence-electron chi connectivity index (χ0n) is 10.4. The number of carbonyl (C=O) groups is 1. The number of nitrogens with zero attached hydrogens (tertiary/aromatic N) is 3. The summed E-state index contributed by atoms with van der Waals surface area (Å²) in [5.74, 6) is 5.38. The Hall–Kier alpha value is -1.73. The molecule has 0 spiro atoms. The number of aromatic nitrogens is 2. The highest BCUT2D eigenvalue weighted by Gasteiger charge is 2.25. The fourth-order valence-electron chi connectivity index (χ4n) is 1.65. The standard InChI is InChI=1S/C11H18N6O/c1-17(8-2-3-8)5-4-13-11(18)9-6-15-10(16-12)7-14-9/h6-8H,2-5,12H2,1H3,(H,13,18)(H,15,16). The highest BCUT2D eigenvalue weighted by molar-refractivity contribution is 5.91. The molecule has 1 heterocycles. The Morgan fingerprint density at radius 3 is 2.83 bits per heavy atom. The van der Waals surface area contributed by atoms with Crippen molar-refractivity contribution < 1.29 is 4.79 Å². The number of nitrogens with one attached hydrogen (secondary N) is 2. The first-order valence-corrected chi connectivity index (χ1v) is 5.98. The van der Waals surface area contributed by atoms with Crippen LogP contribution in [0.15, 0.2) is 12.4 Å². The summed E-state index contributed by atoms with van der Waals surface area (Å²) in [6, 6.07) is 0.705. The summed E-state index contributed by atoms with van der Waals surface area (Å²) in [5.41, 5.74) is 2.65. The maximum atomic E-state index is 11.7. The van der Waals surface area contributed by atoms with E-state index >= 15 is 0 Å². The molecule has 2 rings (SSSR count). The second-order valence-corrected chi connectivity index (χ2v) is 4.40. The third-order valence-electron chi connectivity index (χ3n) is 2.95. The lowest BCUT2D eigenvalue weighted by atomic mass is 10.4. The van der Waals surface area contributed by atoms with Crippen molar-refractivity contribution in [3.05, 3.63) is 18.1 Å². The molecule has 0 saturated heterocycles. The number of amides is 1. The number of hydrogen-bond donors (Lipinski definition) is 3. The van der Waals surface area contributed by atoms with Crippen molar-refractivity contribution in [3.63, 3.8) is 0 Å². The number of carbonyl (C=O) groups excluding carboxylic acids is 1. The third-order valence-corrected chi connectivity index (χ3v) is 2.95. The molecule has 0 radical (unpaired) electrons. The Labute approximate surface area is 106 Å². The van der Waals surface area contributed by atoms with Gasteiger partial charge >= 0.3 is 0 Å². The average molecular weight is 250 g/mol. The van der Waals surface area contributed by atoms with Crippen LogP contribution < -0.4 is 16.6 Å². The molecule has 0 unspecified atom stereocenters. The van der Waals surface area contributed by atoms with Crippen LogP contribution in [0.2, 0.25) is 0 Å². The predicted molar refractivity (Wildman–Crippen MR) is 67.8 cm³/mol. The van der Waals surface area contributed by atoms with E-state index < -0.39 is 0 Å². The third kappa shape index (κ3) is 3.38. The number of anilines is 1. The van der Waals surface area contributed by atoms with Crippen molar-refractivity contribution in [2.45, 2.75) is 18.9 Å². The molecule has 0 aliphatic heterocycles. The van der Waals surface area contributed by atoms with Gasteiger partial charge in [-0.2, -0.15) is 0 Å². The van der Waals surface area contributed by atoms with Gasteiger partial charge in [-0.05, 0) is 19.9 Å². The van der Waals surface area contributed by atoms with Gasteiger partial charge in [0.15, 0.2) is 5.82 Å². The lowest BCUT2D eigenvalue weighted by Crippen LogP contribution is -2.34. The van der Waals surface area contributed by atoms with E-state index in [0.717, 1.165) is 6.54 Å². The molecule has 0 aromatic carbocycles. The van der Waals surface area contributed by atoms with E-state index in [2.05, 4.69) is 32.7 Å². The fourth-order valence-corrected chi connectivity index (χ4v) is 1.65. The second-order valence-electron chi connectivity index (χ2n) is 4.40. The van der Waals surface area contributed by atoms with Gasteiger partial charge in [0.2, 0.25) is 0 Å². The number of nitrogens with two attached hydrogens (primary N) is 1. The van der Waals surface area contributed by atoms with Crippen LogP contribution in [0.25, 0.3) is 0 Å². The van der Waals surface area contributed by atoms with Gasteiger partial charge in [0, 0.05) is 19.1 Å². The first-order chi connectivity index (χ1) is 8.70. The normalized spacial score (nSPS) is 14.6. The molecule has 98 valence electrons. The molecule has 1 amide bonds. The largest absolute Gasteiger partial charge is 0.349 e. The number of likely N-dealkylation sites (N-methyl/N-ethyl adjacent to an activating group) is 1. The van der Waals surface area contributed by atoms with Crippen molar-refractivity contribution >= 4 is 11.7 Å². The maximum absolute atomic E-state index is 11.7. The number of hydrazine groups is 1. The van der Waals surface area contributed by atoms with Crippen LogP contribution in [0, 0.1) is 0 Å². The van der Waals surface area contributed by atoms with Crippen LogP contribution in [-0.2, 0) is 0 Å². The van der Waals surface area contributed by atoms with Gasteiger partial charge in [-0.3, -0.25) is 4.79 Å². The van der Waals surface area contributed by atoms with E-state index in [4.69, 9.17) is 5.84 Å². The Morgan fingerprint density at radius 2 is 2.28 bits per heavy atom. The van der Waals surface area contributed by atoms with Crippen LogP contribution in [0.5, 0.6) is 0 Å². The topological polar surface area (TPSA) is 96.2 Å². The lowest BCUT2D eigenvalue weighted by molar-refractivity contribution is 0.0944. The average Bonchev–Trinajstić information content (AvgIpc) is 3.23. The SMILES string of the molecule is CN(CCNC(=O)c1cnc(NN)cn1)C1CC1. The molecule has 7 heteroatoms. The zero-order chi connectivity index (χ0) is 13.0. The van der Waals surface area contributed by atoms with E-state index in [0.29, 0.717) is 24.1 Å². The van der Waals surface area contributed by atoms with Gasteiger partial charge in [-0.25, -0.2) is 15.8 Å². The second kappa shape index (κ2) is 5.74. The van der Waals surface area contributed by atoms with Crippen molar-refractivity contribution in [2.75, 3.05) is 25.6 Å². The van der Waals surface area contributed by atoms with E-state index in [9.17, 15) is 4.79 Å². The Balaban J connectivity index is 1.75. The van der Waals surface area contributed by atoms with Crippen LogP contribution >= 0.6 is 0 Å². The molecule has 1 aromatic rings. The summed E-state index contributed by atoms with van der Waals surface area (Å²) in [6.07, 6.45) is 5.35. The van der Waals surface area contributed by atoms with E-state index in [1.165, 1.54) is 25.2 Å². The Bertz CT molecular complexity index is 402. The van der Waals surface area contributed by atoms with Gasteiger partial charge in [0.25, 0.3) is 5.91 Å². The van der Waals surface area contributed by atoms with E-state index in [-0.39, 0.29) is 5.91 Å². The minimum absolute atomic E-state index is 0.213. The minimum Gasteiger partial charge on any atom is -0.349 e. The van der Waals surface area contributed by atoms with Gasteiger partial charge in [-0.15, -0.1) is 0 Å². The maximum Gasteiger partial charge on any atom is 0.271 e. The molecule has 18 heavy (non-hydrogen) atoms.